The molecular weight excluding hydrogens is 522 g/mol. The third-order valence-corrected chi connectivity index (χ3v) is 12.6. The normalized spacial score (nSPS) is 44.4. The first-order valence-corrected chi connectivity index (χ1v) is 15.2. The minimum absolute atomic E-state index is 0.122. The second kappa shape index (κ2) is 10.1. The Kier molecular flexibility index (Phi) is 7.36. The molecule has 4 fully saturated rings. The van der Waals surface area contributed by atoms with Crippen LogP contribution >= 0.6 is 0 Å². The van der Waals surface area contributed by atoms with Crippen LogP contribution in [0.3, 0.4) is 0 Å². The Hall–Kier alpha value is -2.48. The van der Waals surface area contributed by atoms with Gasteiger partial charge in [-0.1, -0.05) is 45.5 Å². The second-order valence-electron chi connectivity index (χ2n) is 14.1. The van der Waals surface area contributed by atoms with Crippen molar-refractivity contribution in [2.24, 2.45) is 56.4 Å². The zero-order valence-electron chi connectivity index (χ0n) is 25.7. The third-order valence-electron chi connectivity index (χ3n) is 12.6. The van der Waals surface area contributed by atoms with Crippen molar-refractivity contribution < 1.29 is 33.8 Å². The van der Waals surface area contributed by atoms with Crippen LogP contribution in [0.1, 0.15) is 80.1 Å². The van der Waals surface area contributed by atoms with E-state index in [-0.39, 0.29) is 28.4 Å². The number of ketones is 1. The van der Waals surface area contributed by atoms with E-state index in [1.165, 1.54) is 13.8 Å². The molecule has 0 heterocycles. The van der Waals surface area contributed by atoms with E-state index in [9.17, 15) is 19.5 Å². The topological polar surface area (TPSA) is 111 Å². The summed E-state index contributed by atoms with van der Waals surface area (Å²) in [6.07, 6.45) is 8.60. The smallest absolute Gasteiger partial charge is 0.303 e. The van der Waals surface area contributed by atoms with Crippen molar-refractivity contribution in [2.45, 2.75) is 92.3 Å². The summed E-state index contributed by atoms with van der Waals surface area (Å²) in [7, 11) is 1.60. The number of aliphatic hydroxyl groups is 1. The van der Waals surface area contributed by atoms with Crippen molar-refractivity contribution in [1.82, 2.24) is 0 Å². The molecule has 0 aliphatic heterocycles. The zero-order chi connectivity index (χ0) is 30.1. The summed E-state index contributed by atoms with van der Waals surface area (Å²) in [6.45, 7) is 15.0. The predicted octanol–water partition coefficient (Wildman–Crippen LogP) is 5.04. The third kappa shape index (κ3) is 4.09. The average Bonchev–Trinajstić information content (AvgIpc) is 3.52. The van der Waals surface area contributed by atoms with Crippen LogP contribution in [0.4, 0.5) is 0 Å². The maximum atomic E-state index is 13.9. The lowest BCUT2D eigenvalue weighted by Crippen LogP contribution is -2.57. The first-order valence-electron chi connectivity index (χ1n) is 15.2. The van der Waals surface area contributed by atoms with Gasteiger partial charge in [0.15, 0.2) is 11.9 Å². The Balaban J connectivity index is 1.56. The first kappa shape index (κ1) is 30.0. The number of carbonyl (C=O) groups is 3. The van der Waals surface area contributed by atoms with E-state index in [1.807, 2.05) is 0 Å². The van der Waals surface area contributed by atoms with Crippen molar-refractivity contribution >= 4 is 23.4 Å². The van der Waals surface area contributed by atoms with Gasteiger partial charge in [-0.25, -0.2) is 0 Å². The number of fused-ring (bicyclic) bond motifs is 2. The number of allylic oxidation sites excluding steroid dienone is 2. The van der Waals surface area contributed by atoms with Gasteiger partial charge in [0.05, 0.1) is 5.71 Å². The van der Waals surface area contributed by atoms with Crippen LogP contribution in [0, 0.1) is 51.2 Å². The van der Waals surface area contributed by atoms with Crippen molar-refractivity contribution in [2.75, 3.05) is 13.7 Å². The quantitative estimate of drug-likeness (QED) is 0.248. The monoisotopic (exact) mass is 569 g/mol. The molecule has 0 aromatic heterocycles. The highest BCUT2D eigenvalue weighted by molar-refractivity contribution is 6.00. The molecule has 0 bridgehead atoms. The Bertz CT molecular complexity index is 1210. The number of esters is 2. The fourth-order valence-electron chi connectivity index (χ4n) is 10.5. The first-order chi connectivity index (χ1) is 19.2. The van der Waals surface area contributed by atoms with Gasteiger partial charge in [0.2, 0.25) is 0 Å². The van der Waals surface area contributed by atoms with Crippen LogP contribution in [0.25, 0.3) is 0 Å². The molecule has 226 valence electrons. The van der Waals surface area contributed by atoms with E-state index in [2.05, 4.69) is 44.7 Å². The van der Waals surface area contributed by atoms with Gasteiger partial charge in [0.25, 0.3) is 0 Å². The molecule has 0 aromatic rings. The molecule has 2 spiro atoms. The lowest BCUT2D eigenvalue weighted by Gasteiger charge is -2.60. The fraction of sp³-hybridized carbons (Fsp3) is 0.758. The lowest BCUT2D eigenvalue weighted by molar-refractivity contribution is -0.172. The van der Waals surface area contributed by atoms with Crippen LogP contribution in [-0.4, -0.2) is 54.5 Å². The molecular formula is C33H47NO7. The van der Waals surface area contributed by atoms with E-state index >= 15 is 0 Å². The molecule has 1 N–H and O–H groups in total. The van der Waals surface area contributed by atoms with Crippen molar-refractivity contribution in [3.05, 3.63) is 24.3 Å². The highest BCUT2D eigenvalue weighted by atomic mass is 16.6. The average molecular weight is 570 g/mol. The van der Waals surface area contributed by atoms with Gasteiger partial charge in [0.1, 0.15) is 13.2 Å². The van der Waals surface area contributed by atoms with Gasteiger partial charge < -0.3 is 19.4 Å². The number of hydrogen-bond donors (Lipinski definition) is 1. The number of hydrogen-bond acceptors (Lipinski definition) is 8. The van der Waals surface area contributed by atoms with Crippen LogP contribution in [0.2, 0.25) is 0 Å². The van der Waals surface area contributed by atoms with Gasteiger partial charge in [-0.15, -0.1) is 0 Å². The van der Waals surface area contributed by atoms with Crippen LogP contribution < -0.4 is 0 Å². The Labute approximate surface area is 243 Å². The van der Waals surface area contributed by atoms with E-state index in [1.54, 1.807) is 14.0 Å². The molecule has 5 aliphatic carbocycles. The van der Waals surface area contributed by atoms with Crippen LogP contribution in [0.5, 0.6) is 0 Å². The SMILES string of the molecule is C=C(C(=O)[C@H](OC(C)=O)C1[C@@H](OC(C)=O)C[C@@]2(C)[C@@H]3CC[C@H]4[C@H](C)/C(=N/OC)C=C[C@@]45C[C@@]35CC[C@]12C)[C@@H](C)CO. The Morgan fingerprint density at radius 3 is 2.46 bits per heavy atom. The summed E-state index contributed by atoms with van der Waals surface area (Å²) in [5.41, 5.74) is 0.833. The van der Waals surface area contributed by atoms with Crippen molar-refractivity contribution in [3.63, 3.8) is 0 Å². The van der Waals surface area contributed by atoms with Crippen LogP contribution in [0.15, 0.2) is 29.5 Å². The molecule has 5 aliphatic rings. The highest BCUT2D eigenvalue weighted by Crippen LogP contribution is 2.87. The van der Waals surface area contributed by atoms with Gasteiger partial charge in [-0.05, 0) is 83.7 Å². The number of ether oxygens (including phenoxy) is 2. The molecule has 0 radical (unpaired) electrons. The maximum absolute atomic E-state index is 13.9. The van der Waals surface area contributed by atoms with E-state index < -0.39 is 47.2 Å². The molecule has 0 saturated heterocycles. The summed E-state index contributed by atoms with van der Waals surface area (Å²) < 4.78 is 11.8. The summed E-state index contributed by atoms with van der Waals surface area (Å²) in [5.74, 6) is -1.15. The van der Waals surface area contributed by atoms with Gasteiger partial charge in [-0.2, -0.15) is 0 Å². The van der Waals surface area contributed by atoms with Gasteiger partial charge in [-0.3, -0.25) is 14.4 Å². The minimum atomic E-state index is -1.13. The number of nitrogens with zero attached hydrogens (tertiary/aromatic N) is 1. The van der Waals surface area contributed by atoms with Crippen molar-refractivity contribution in [3.8, 4) is 0 Å². The molecule has 1 unspecified atom stereocenters. The Morgan fingerprint density at radius 2 is 1.85 bits per heavy atom. The summed E-state index contributed by atoms with van der Waals surface area (Å²) in [6, 6.07) is 0. The molecule has 41 heavy (non-hydrogen) atoms. The molecule has 8 nitrogen and oxygen atoms in total. The van der Waals surface area contributed by atoms with Crippen molar-refractivity contribution in [1.29, 1.82) is 0 Å². The summed E-state index contributed by atoms with van der Waals surface area (Å²) in [5, 5.41) is 14.1. The summed E-state index contributed by atoms with van der Waals surface area (Å²) >= 11 is 0. The molecule has 0 amide bonds. The summed E-state index contributed by atoms with van der Waals surface area (Å²) in [4.78, 5) is 43.9. The number of rotatable bonds is 8. The number of aliphatic hydroxyl groups excluding tert-OH is 1. The van der Waals surface area contributed by atoms with E-state index in [0.29, 0.717) is 24.2 Å². The molecule has 5 rings (SSSR count). The largest absolute Gasteiger partial charge is 0.462 e. The lowest BCUT2D eigenvalue weighted by atomic mass is 9.43. The standard InChI is InChI=1S/C33H47NO7/c1-18(16-35)19(2)28(38)29(41-22(5)37)27-25(40-21(4)36)15-31(7)26-10-9-23-20(3)24(34-39-8)11-12-32(23)17-33(26,32)14-13-30(27,31)6/h11-12,18,20,23,25-27,29,35H,2,9-10,13-17H2,1,3-8H3/b34-24+/t18-,20-,23-,25-,26-,27?,29+,30+,31-,32+,33-/m0/s1. The molecule has 8 heteroatoms. The van der Waals surface area contributed by atoms with Gasteiger partial charge >= 0.3 is 11.9 Å². The highest BCUT2D eigenvalue weighted by Gasteiger charge is 2.82. The maximum Gasteiger partial charge on any atom is 0.303 e. The molecule has 11 atom stereocenters. The number of carbonyl (C=O) groups excluding carboxylic acids is 3. The fourth-order valence-corrected chi connectivity index (χ4v) is 10.5. The molecule has 4 saturated carbocycles. The minimum Gasteiger partial charge on any atom is -0.462 e. The van der Waals surface area contributed by atoms with E-state index in [0.717, 1.165) is 37.8 Å². The molecule has 0 aromatic carbocycles. The van der Waals surface area contributed by atoms with E-state index in [4.69, 9.17) is 14.3 Å². The Morgan fingerprint density at radius 1 is 1.15 bits per heavy atom. The number of oxime groups is 1. The zero-order valence-corrected chi connectivity index (χ0v) is 25.7. The predicted molar refractivity (Wildman–Crippen MR) is 154 cm³/mol. The second-order valence-corrected chi connectivity index (χ2v) is 14.1. The number of Topliss-reactive ketones (excluding diaryl/α,β-unsaturated/α-hetero) is 1. The van der Waals surface area contributed by atoms with Gasteiger partial charge in [0, 0.05) is 38.2 Å². The van der Waals surface area contributed by atoms with Crippen LogP contribution in [-0.2, 0) is 28.7 Å².